The van der Waals surface area contributed by atoms with E-state index in [2.05, 4.69) is 18.2 Å². The van der Waals surface area contributed by atoms with Gasteiger partial charge in [-0.15, -0.1) is 11.8 Å². The summed E-state index contributed by atoms with van der Waals surface area (Å²) in [6, 6.07) is 24.0. The van der Waals surface area contributed by atoms with Gasteiger partial charge >= 0.3 is 0 Å². The minimum Gasteiger partial charge on any atom is -0.289 e. The molecule has 0 spiro atoms. The van der Waals surface area contributed by atoms with Gasteiger partial charge in [-0.2, -0.15) is 0 Å². The SMILES string of the molecule is O=C1C2=C(c3ccccc3)c3cc(Cl)ccc3[C@H]2Sc2ccccc21. The van der Waals surface area contributed by atoms with E-state index in [4.69, 9.17) is 11.6 Å². The first-order valence-corrected chi connectivity index (χ1v) is 9.39. The summed E-state index contributed by atoms with van der Waals surface area (Å²) in [5, 5.41) is 0.728. The zero-order chi connectivity index (χ0) is 17.0. The molecule has 0 N–H and O–H groups in total. The Balaban J connectivity index is 1.83. The van der Waals surface area contributed by atoms with Gasteiger partial charge < -0.3 is 0 Å². The Bertz CT molecular complexity index is 1050. The van der Waals surface area contributed by atoms with Gasteiger partial charge in [0.2, 0.25) is 0 Å². The van der Waals surface area contributed by atoms with Crippen molar-refractivity contribution >= 4 is 34.7 Å². The Morgan fingerprint density at radius 3 is 2.44 bits per heavy atom. The highest BCUT2D eigenvalue weighted by Gasteiger charge is 2.40. The number of ketones is 1. The van der Waals surface area contributed by atoms with Crippen molar-refractivity contribution in [3.8, 4) is 0 Å². The number of carbonyl (C=O) groups is 1. The van der Waals surface area contributed by atoms with E-state index in [1.807, 2.05) is 54.6 Å². The van der Waals surface area contributed by atoms with E-state index in [1.54, 1.807) is 11.8 Å². The summed E-state index contributed by atoms with van der Waals surface area (Å²) in [5.41, 5.74) is 6.02. The molecule has 0 radical (unpaired) electrons. The highest BCUT2D eigenvalue weighted by molar-refractivity contribution is 8.00. The number of Topliss-reactive ketones (excluding diaryl/α,β-unsaturated/α-hetero) is 1. The number of benzene rings is 3. The lowest BCUT2D eigenvalue weighted by Crippen LogP contribution is -2.14. The zero-order valence-electron chi connectivity index (χ0n) is 13.2. The summed E-state index contributed by atoms with van der Waals surface area (Å²) in [6.07, 6.45) is 0. The number of rotatable bonds is 1. The van der Waals surface area contributed by atoms with Crippen molar-refractivity contribution in [1.82, 2.24) is 0 Å². The third-order valence-corrected chi connectivity index (χ3v) is 6.35. The summed E-state index contributed by atoms with van der Waals surface area (Å²) in [5.74, 6) is 0.130. The molecule has 0 bridgehead atoms. The zero-order valence-corrected chi connectivity index (χ0v) is 14.8. The summed E-state index contributed by atoms with van der Waals surface area (Å²) in [7, 11) is 0. The van der Waals surface area contributed by atoms with Gasteiger partial charge in [-0.25, -0.2) is 0 Å². The minimum atomic E-state index is 0.0323. The number of halogens is 1. The van der Waals surface area contributed by atoms with Crippen LogP contribution in [-0.2, 0) is 0 Å². The van der Waals surface area contributed by atoms with Crippen LogP contribution >= 0.6 is 23.4 Å². The molecule has 0 saturated carbocycles. The van der Waals surface area contributed by atoms with Crippen LogP contribution in [0.2, 0.25) is 5.02 Å². The van der Waals surface area contributed by atoms with Crippen LogP contribution in [0.4, 0.5) is 0 Å². The fourth-order valence-corrected chi connectivity index (χ4v) is 5.25. The third-order valence-electron chi connectivity index (χ3n) is 4.78. The quantitative estimate of drug-likeness (QED) is 0.515. The van der Waals surface area contributed by atoms with Gasteiger partial charge in [-0.3, -0.25) is 4.79 Å². The van der Waals surface area contributed by atoms with Crippen molar-refractivity contribution < 1.29 is 4.79 Å². The Kier molecular flexibility index (Phi) is 3.37. The summed E-state index contributed by atoms with van der Waals surface area (Å²) >= 11 is 8.04. The molecule has 25 heavy (non-hydrogen) atoms. The van der Waals surface area contributed by atoms with Crippen molar-refractivity contribution in [3.05, 3.63) is 106 Å². The average Bonchev–Trinajstić information content (AvgIpc) is 2.96. The van der Waals surface area contributed by atoms with Gasteiger partial charge in [-0.05, 0) is 46.5 Å². The maximum Gasteiger partial charge on any atom is 0.192 e. The average molecular weight is 361 g/mol. The van der Waals surface area contributed by atoms with Crippen LogP contribution in [-0.4, -0.2) is 5.78 Å². The largest absolute Gasteiger partial charge is 0.289 e. The van der Waals surface area contributed by atoms with Gasteiger partial charge in [0.25, 0.3) is 0 Å². The summed E-state index contributed by atoms with van der Waals surface area (Å²) in [4.78, 5) is 14.4. The van der Waals surface area contributed by atoms with Crippen molar-refractivity contribution in [1.29, 1.82) is 0 Å². The summed E-state index contributed by atoms with van der Waals surface area (Å²) < 4.78 is 0. The molecule has 0 saturated heterocycles. The maximum absolute atomic E-state index is 13.3. The molecule has 120 valence electrons. The lowest BCUT2D eigenvalue weighted by Gasteiger charge is -2.23. The smallest absolute Gasteiger partial charge is 0.192 e. The Morgan fingerprint density at radius 2 is 1.60 bits per heavy atom. The molecule has 1 aliphatic carbocycles. The Hall–Kier alpha value is -2.29. The Labute approximate surface area is 155 Å². The van der Waals surface area contributed by atoms with Crippen molar-refractivity contribution in [2.75, 3.05) is 0 Å². The monoisotopic (exact) mass is 360 g/mol. The molecular weight excluding hydrogens is 348 g/mol. The molecule has 5 rings (SSSR count). The molecule has 1 aliphatic heterocycles. The molecule has 1 atom stereocenters. The number of hydrogen-bond acceptors (Lipinski definition) is 2. The van der Waals surface area contributed by atoms with E-state index in [-0.39, 0.29) is 11.0 Å². The van der Waals surface area contributed by atoms with Gasteiger partial charge in [0.05, 0.1) is 5.25 Å². The van der Waals surface area contributed by atoms with Crippen LogP contribution < -0.4 is 0 Å². The first kappa shape index (κ1) is 15.0. The minimum absolute atomic E-state index is 0.0323. The number of thioether (sulfide) groups is 1. The molecule has 0 unspecified atom stereocenters. The van der Waals surface area contributed by atoms with Crippen molar-refractivity contribution in [3.63, 3.8) is 0 Å². The normalized spacial score (nSPS) is 18.0. The second-order valence-corrected chi connectivity index (χ2v) is 7.79. The van der Waals surface area contributed by atoms with E-state index < -0.39 is 0 Å². The molecule has 3 aromatic rings. The number of fused-ring (bicyclic) bond motifs is 4. The van der Waals surface area contributed by atoms with Crippen LogP contribution in [0.3, 0.4) is 0 Å². The van der Waals surface area contributed by atoms with Crippen LogP contribution in [0.5, 0.6) is 0 Å². The maximum atomic E-state index is 13.3. The summed E-state index contributed by atoms with van der Waals surface area (Å²) in [6.45, 7) is 0. The standard InChI is InChI=1S/C22H13ClOS/c23-14-10-11-15-17(12-14)19(13-6-2-1-3-7-13)20-21(24)16-8-4-5-9-18(16)25-22(15)20/h1-12,22H/t22-/m1/s1. The van der Waals surface area contributed by atoms with Crippen molar-refractivity contribution in [2.45, 2.75) is 10.1 Å². The lowest BCUT2D eigenvalue weighted by molar-refractivity contribution is 0.102. The van der Waals surface area contributed by atoms with Gasteiger partial charge in [0.1, 0.15) is 0 Å². The van der Waals surface area contributed by atoms with E-state index in [0.717, 1.165) is 32.7 Å². The molecule has 1 heterocycles. The van der Waals surface area contributed by atoms with Crippen molar-refractivity contribution in [2.24, 2.45) is 0 Å². The predicted octanol–water partition coefficient (Wildman–Crippen LogP) is 6.19. The van der Waals surface area contributed by atoms with Gasteiger partial charge in [-0.1, -0.05) is 60.1 Å². The van der Waals surface area contributed by atoms with Gasteiger partial charge in [0.15, 0.2) is 5.78 Å². The first-order chi connectivity index (χ1) is 12.2. The fourth-order valence-electron chi connectivity index (χ4n) is 3.71. The molecule has 1 nitrogen and oxygen atoms in total. The van der Waals surface area contributed by atoms with Gasteiger partial charge in [0, 0.05) is 21.1 Å². The number of hydrogen-bond donors (Lipinski definition) is 0. The molecule has 0 amide bonds. The molecule has 0 aromatic heterocycles. The molecule has 3 heteroatoms. The second-order valence-electron chi connectivity index (χ2n) is 6.21. The van der Waals surface area contributed by atoms with Crippen LogP contribution in [0.15, 0.2) is 83.3 Å². The van der Waals surface area contributed by atoms with Crippen LogP contribution in [0, 0.1) is 0 Å². The highest BCUT2D eigenvalue weighted by Crippen LogP contribution is 2.56. The number of carbonyl (C=O) groups excluding carboxylic acids is 1. The third kappa shape index (κ3) is 2.21. The Morgan fingerprint density at radius 1 is 0.840 bits per heavy atom. The fraction of sp³-hybridized carbons (Fsp3) is 0.0455. The van der Waals surface area contributed by atoms with Crippen LogP contribution in [0.25, 0.3) is 5.57 Å². The lowest BCUT2D eigenvalue weighted by atomic mass is 9.93. The van der Waals surface area contributed by atoms with E-state index in [1.165, 1.54) is 5.56 Å². The van der Waals surface area contributed by atoms with E-state index >= 15 is 0 Å². The predicted molar refractivity (Wildman–Crippen MR) is 103 cm³/mol. The van der Waals surface area contributed by atoms with E-state index in [9.17, 15) is 4.79 Å². The topological polar surface area (TPSA) is 17.1 Å². The molecule has 0 fully saturated rings. The van der Waals surface area contributed by atoms with Crippen LogP contribution in [0.1, 0.15) is 32.3 Å². The highest BCUT2D eigenvalue weighted by atomic mass is 35.5. The second kappa shape index (κ2) is 5.62. The van der Waals surface area contributed by atoms with E-state index in [0.29, 0.717) is 5.02 Å². The molecule has 2 aliphatic rings. The molecular formula is C22H13ClOS. The first-order valence-electron chi connectivity index (χ1n) is 8.14. The molecule has 3 aromatic carbocycles.